The maximum atomic E-state index is 5.59. The molecule has 3 aromatic rings. The molecule has 0 radical (unpaired) electrons. The predicted molar refractivity (Wildman–Crippen MR) is 84.8 cm³/mol. The van der Waals surface area contributed by atoms with Gasteiger partial charge in [-0.1, -0.05) is 17.3 Å². The summed E-state index contributed by atoms with van der Waals surface area (Å²) in [7, 11) is 0. The molecule has 7 nitrogen and oxygen atoms in total. The monoisotopic (exact) mass is 313 g/mol. The fourth-order valence-corrected chi connectivity index (χ4v) is 2.19. The van der Waals surface area contributed by atoms with Gasteiger partial charge in [-0.2, -0.15) is 10.1 Å². The highest BCUT2D eigenvalue weighted by Gasteiger charge is 2.12. The minimum absolute atomic E-state index is 0.519. The standard InChI is InChI=1S/C16H19N5O2/c1-2-22-14-7-4-3-6-13(14)16-19-15(23-20-16)12-17-9-11-21-10-5-8-18-21/h3-8,10,17H,2,9,11-12H2,1H3. The van der Waals surface area contributed by atoms with Gasteiger partial charge in [0.2, 0.25) is 11.7 Å². The van der Waals surface area contributed by atoms with Crippen molar-refractivity contribution in [3.63, 3.8) is 0 Å². The Balaban J connectivity index is 1.57. The molecule has 3 rings (SSSR count). The van der Waals surface area contributed by atoms with E-state index in [0.29, 0.717) is 24.9 Å². The summed E-state index contributed by atoms with van der Waals surface area (Å²) in [4.78, 5) is 4.42. The Kier molecular flexibility index (Phi) is 5.00. The molecule has 0 amide bonds. The van der Waals surface area contributed by atoms with Crippen LogP contribution in [-0.4, -0.2) is 33.1 Å². The van der Waals surface area contributed by atoms with E-state index in [9.17, 15) is 0 Å². The summed E-state index contributed by atoms with van der Waals surface area (Å²) in [6, 6.07) is 9.57. The van der Waals surface area contributed by atoms with Gasteiger partial charge in [0.25, 0.3) is 0 Å². The Morgan fingerprint density at radius 1 is 1.26 bits per heavy atom. The van der Waals surface area contributed by atoms with Crippen LogP contribution in [0.2, 0.25) is 0 Å². The Morgan fingerprint density at radius 2 is 2.17 bits per heavy atom. The highest BCUT2D eigenvalue weighted by Crippen LogP contribution is 2.27. The van der Waals surface area contributed by atoms with E-state index in [1.54, 1.807) is 6.20 Å². The SMILES string of the molecule is CCOc1ccccc1-c1noc(CNCCn2cccn2)n1. The highest BCUT2D eigenvalue weighted by atomic mass is 16.5. The van der Waals surface area contributed by atoms with Gasteiger partial charge in [-0.3, -0.25) is 4.68 Å². The normalized spacial score (nSPS) is 10.8. The molecule has 2 aromatic heterocycles. The maximum Gasteiger partial charge on any atom is 0.240 e. The Bertz CT molecular complexity index is 724. The van der Waals surface area contributed by atoms with Gasteiger partial charge in [-0.05, 0) is 25.1 Å². The molecule has 0 aliphatic rings. The second kappa shape index (κ2) is 7.55. The van der Waals surface area contributed by atoms with Crippen molar-refractivity contribution in [2.45, 2.75) is 20.0 Å². The average molecular weight is 313 g/mol. The zero-order valence-electron chi connectivity index (χ0n) is 13.0. The van der Waals surface area contributed by atoms with E-state index < -0.39 is 0 Å². The number of hydrogen-bond acceptors (Lipinski definition) is 6. The molecule has 23 heavy (non-hydrogen) atoms. The molecule has 0 aliphatic carbocycles. The zero-order valence-corrected chi connectivity index (χ0v) is 13.0. The first-order chi connectivity index (χ1) is 11.4. The lowest BCUT2D eigenvalue weighted by atomic mass is 10.2. The van der Waals surface area contributed by atoms with E-state index in [2.05, 4.69) is 20.6 Å². The van der Waals surface area contributed by atoms with Crippen LogP contribution in [0.5, 0.6) is 5.75 Å². The van der Waals surface area contributed by atoms with Crippen LogP contribution in [0.3, 0.4) is 0 Å². The Labute approximate surface area is 134 Å². The average Bonchev–Trinajstić information content (AvgIpc) is 3.24. The quantitative estimate of drug-likeness (QED) is 0.642. The van der Waals surface area contributed by atoms with Crippen LogP contribution in [0.1, 0.15) is 12.8 Å². The molecule has 1 N–H and O–H groups in total. The largest absolute Gasteiger partial charge is 0.493 e. The molecule has 0 atom stereocenters. The Morgan fingerprint density at radius 3 is 3.00 bits per heavy atom. The van der Waals surface area contributed by atoms with E-state index in [4.69, 9.17) is 9.26 Å². The number of aromatic nitrogens is 4. The fraction of sp³-hybridized carbons (Fsp3) is 0.312. The third kappa shape index (κ3) is 3.95. The minimum atomic E-state index is 0.519. The van der Waals surface area contributed by atoms with Crippen molar-refractivity contribution in [2.24, 2.45) is 0 Å². The number of nitrogens with zero attached hydrogens (tertiary/aromatic N) is 4. The van der Waals surface area contributed by atoms with Crippen LogP contribution < -0.4 is 10.1 Å². The van der Waals surface area contributed by atoms with Crippen molar-refractivity contribution in [1.82, 2.24) is 25.2 Å². The third-order valence-electron chi connectivity index (χ3n) is 3.25. The number of hydrogen-bond donors (Lipinski definition) is 1. The van der Waals surface area contributed by atoms with Crippen LogP contribution in [0.15, 0.2) is 47.2 Å². The van der Waals surface area contributed by atoms with Crippen molar-refractivity contribution < 1.29 is 9.26 Å². The third-order valence-corrected chi connectivity index (χ3v) is 3.25. The summed E-state index contributed by atoms with van der Waals surface area (Å²) >= 11 is 0. The molecule has 1 aromatic carbocycles. The second-order valence-electron chi connectivity index (χ2n) is 4.89. The molecule has 0 saturated carbocycles. The van der Waals surface area contributed by atoms with Gasteiger partial charge < -0.3 is 14.6 Å². The van der Waals surface area contributed by atoms with Crippen molar-refractivity contribution in [1.29, 1.82) is 0 Å². The van der Waals surface area contributed by atoms with E-state index in [0.717, 1.165) is 24.4 Å². The minimum Gasteiger partial charge on any atom is -0.493 e. The number of ether oxygens (including phenoxy) is 1. The topological polar surface area (TPSA) is 78.0 Å². The van der Waals surface area contributed by atoms with Crippen LogP contribution in [0.25, 0.3) is 11.4 Å². The van der Waals surface area contributed by atoms with Crippen molar-refractivity contribution in [3.8, 4) is 17.1 Å². The number of para-hydroxylation sites is 1. The molecule has 0 bridgehead atoms. The molecule has 0 saturated heterocycles. The van der Waals surface area contributed by atoms with Crippen LogP contribution in [0.4, 0.5) is 0 Å². The lowest BCUT2D eigenvalue weighted by molar-refractivity contribution is 0.340. The molecular weight excluding hydrogens is 294 g/mol. The molecular formula is C16H19N5O2. The lowest BCUT2D eigenvalue weighted by Crippen LogP contribution is -2.19. The van der Waals surface area contributed by atoms with Gasteiger partial charge in [-0.15, -0.1) is 0 Å². The fourth-order valence-electron chi connectivity index (χ4n) is 2.19. The van der Waals surface area contributed by atoms with Crippen LogP contribution >= 0.6 is 0 Å². The Hall–Kier alpha value is -2.67. The zero-order chi connectivity index (χ0) is 15.9. The lowest BCUT2D eigenvalue weighted by Gasteiger charge is -2.06. The predicted octanol–water partition coefficient (Wildman–Crippen LogP) is 2.12. The van der Waals surface area contributed by atoms with Crippen LogP contribution in [0, 0.1) is 0 Å². The van der Waals surface area contributed by atoms with Crippen molar-refractivity contribution in [3.05, 3.63) is 48.6 Å². The van der Waals surface area contributed by atoms with Crippen molar-refractivity contribution >= 4 is 0 Å². The van der Waals surface area contributed by atoms with Gasteiger partial charge in [0, 0.05) is 18.9 Å². The van der Waals surface area contributed by atoms with Gasteiger partial charge in [-0.25, -0.2) is 0 Å². The summed E-state index contributed by atoms with van der Waals surface area (Å²) in [6.45, 7) is 4.62. The molecule has 7 heteroatoms. The smallest absolute Gasteiger partial charge is 0.240 e. The van der Waals surface area contributed by atoms with Gasteiger partial charge >= 0.3 is 0 Å². The molecule has 120 valence electrons. The first-order valence-corrected chi connectivity index (χ1v) is 7.59. The van der Waals surface area contributed by atoms with Crippen molar-refractivity contribution in [2.75, 3.05) is 13.2 Å². The van der Waals surface area contributed by atoms with Gasteiger partial charge in [0.15, 0.2) is 0 Å². The highest BCUT2D eigenvalue weighted by molar-refractivity contribution is 5.63. The summed E-state index contributed by atoms with van der Waals surface area (Å²) in [5.74, 6) is 1.85. The molecule has 0 unspecified atom stereocenters. The van der Waals surface area contributed by atoms with E-state index >= 15 is 0 Å². The van der Waals surface area contributed by atoms with E-state index in [1.807, 2.05) is 48.1 Å². The molecule has 0 aliphatic heterocycles. The number of benzene rings is 1. The van der Waals surface area contributed by atoms with Gasteiger partial charge in [0.1, 0.15) is 5.75 Å². The summed E-state index contributed by atoms with van der Waals surface area (Å²) < 4.78 is 12.7. The second-order valence-corrected chi connectivity index (χ2v) is 4.89. The van der Waals surface area contributed by atoms with Gasteiger partial charge in [0.05, 0.1) is 25.3 Å². The molecule has 2 heterocycles. The first kappa shape index (κ1) is 15.2. The number of rotatable bonds is 8. The van der Waals surface area contributed by atoms with Crippen LogP contribution in [-0.2, 0) is 13.1 Å². The van der Waals surface area contributed by atoms with E-state index in [1.165, 1.54) is 0 Å². The summed E-state index contributed by atoms with van der Waals surface area (Å²) in [5, 5.41) is 11.4. The van der Waals surface area contributed by atoms with E-state index in [-0.39, 0.29) is 0 Å². The summed E-state index contributed by atoms with van der Waals surface area (Å²) in [5.41, 5.74) is 0.834. The number of nitrogens with one attached hydrogen (secondary N) is 1. The maximum absolute atomic E-state index is 5.59. The summed E-state index contributed by atoms with van der Waals surface area (Å²) in [6.07, 6.45) is 3.69. The molecule has 0 fully saturated rings. The first-order valence-electron chi connectivity index (χ1n) is 7.59. The molecule has 0 spiro atoms.